The molecule has 3 saturated carbocycles. The van der Waals surface area contributed by atoms with Crippen molar-refractivity contribution in [3.8, 4) is 0 Å². The van der Waals surface area contributed by atoms with Gasteiger partial charge in [-0.3, -0.25) is 24.2 Å². The molecule has 0 aromatic rings. The lowest BCUT2D eigenvalue weighted by Crippen LogP contribution is -2.56. The number of rotatable bonds is 4. The SMILES string of the molecule is CC1CC2(C)CC(=O)C1C1C(=O)N(CC(O)CN3CCN(C)CC3)C(=O)C12. The third-order valence-corrected chi connectivity index (χ3v) is 7.39. The summed E-state index contributed by atoms with van der Waals surface area (Å²) in [5, 5.41) is 10.5. The molecule has 5 fully saturated rings. The fourth-order valence-electron chi connectivity index (χ4n) is 6.18. The zero-order chi connectivity index (χ0) is 19.5. The Balaban J connectivity index is 1.46. The number of likely N-dealkylation sites (tertiary alicyclic amines) is 1. The van der Waals surface area contributed by atoms with Crippen molar-refractivity contribution in [1.29, 1.82) is 0 Å². The van der Waals surface area contributed by atoms with E-state index < -0.39 is 17.4 Å². The number of nitrogens with zero attached hydrogens (tertiary/aromatic N) is 3. The van der Waals surface area contributed by atoms with E-state index in [0.717, 1.165) is 32.6 Å². The van der Waals surface area contributed by atoms with Gasteiger partial charge in [-0.05, 0) is 24.8 Å². The van der Waals surface area contributed by atoms with Gasteiger partial charge in [-0.1, -0.05) is 13.8 Å². The summed E-state index contributed by atoms with van der Waals surface area (Å²) in [6.45, 7) is 8.21. The minimum atomic E-state index is -0.750. The molecule has 2 aliphatic heterocycles. The molecule has 1 N–H and O–H groups in total. The Hall–Kier alpha value is -1.31. The highest BCUT2D eigenvalue weighted by molar-refractivity contribution is 6.09. The van der Waals surface area contributed by atoms with Gasteiger partial charge in [-0.15, -0.1) is 0 Å². The molecule has 0 aromatic carbocycles. The first-order valence-electron chi connectivity index (χ1n) is 10.2. The number of Topliss-reactive ketones (excluding diaryl/α,β-unsaturated/α-hetero) is 1. The molecule has 7 heteroatoms. The average molecular weight is 377 g/mol. The van der Waals surface area contributed by atoms with Gasteiger partial charge < -0.3 is 10.0 Å². The Bertz CT molecular complexity index is 660. The molecule has 2 amide bonds. The topological polar surface area (TPSA) is 81.2 Å². The zero-order valence-electron chi connectivity index (χ0n) is 16.6. The number of carbonyl (C=O) groups is 3. The van der Waals surface area contributed by atoms with Crippen LogP contribution in [0.1, 0.15) is 26.7 Å². The van der Waals surface area contributed by atoms with Crippen molar-refractivity contribution in [2.45, 2.75) is 32.8 Å². The van der Waals surface area contributed by atoms with Crippen LogP contribution in [0.4, 0.5) is 0 Å². The van der Waals surface area contributed by atoms with Gasteiger partial charge in [0.05, 0.1) is 24.5 Å². The van der Waals surface area contributed by atoms with Crippen LogP contribution in [-0.2, 0) is 14.4 Å². The lowest BCUT2D eigenvalue weighted by Gasteiger charge is -2.52. The first-order chi connectivity index (χ1) is 12.7. The van der Waals surface area contributed by atoms with Crippen molar-refractivity contribution in [3.63, 3.8) is 0 Å². The summed E-state index contributed by atoms with van der Waals surface area (Å²) in [5.74, 6) is -1.35. The number of aliphatic hydroxyl groups is 1. The Morgan fingerprint density at radius 1 is 1.07 bits per heavy atom. The van der Waals surface area contributed by atoms with E-state index in [0.29, 0.717) is 13.0 Å². The van der Waals surface area contributed by atoms with Crippen LogP contribution in [0, 0.1) is 29.1 Å². The largest absolute Gasteiger partial charge is 0.390 e. The van der Waals surface area contributed by atoms with E-state index in [-0.39, 0.29) is 41.9 Å². The van der Waals surface area contributed by atoms with Crippen molar-refractivity contribution < 1.29 is 19.5 Å². The summed E-state index contributed by atoms with van der Waals surface area (Å²) in [6, 6.07) is 0. The van der Waals surface area contributed by atoms with E-state index in [4.69, 9.17) is 0 Å². The standard InChI is InChI=1S/C20H31N3O4/c1-12-8-20(2)9-14(25)15(12)16-17(20)19(27)23(18(16)26)11-13(24)10-22-6-4-21(3)5-7-22/h12-13,15-17,24H,4-11H2,1-3H3. The third kappa shape index (κ3) is 3.04. The van der Waals surface area contributed by atoms with Crippen molar-refractivity contribution in [2.75, 3.05) is 46.3 Å². The van der Waals surface area contributed by atoms with Gasteiger partial charge in [0.15, 0.2) is 0 Å². The van der Waals surface area contributed by atoms with Crippen molar-refractivity contribution in [2.24, 2.45) is 29.1 Å². The zero-order valence-corrected chi connectivity index (χ0v) is 16.6. The molecule has 150 valence electrons. The number of β-amino-alcohol motifs (C(OH)–C–C–N with tert-alkyl or cyclic N) is 1. The second kappa shape index (κ2) is 6.64. The maximum absolute atomic E-state index is 13.1. The first kappa shape index (κ1) is 19.0. The highest BCUT2D eigenvalue weighted by Crippen LogP contribution is 2.60. The van der Waals surface area contributed by atoms with Crippen LogP contribution in [0.15, 0.2) is 0 Å². The number of amides is 2. The van der Waals surface area contributed by atoms with Crippen molar-refractivity contribution >= 4 is 17.6 Å². The van der Waals surface area contributed by atoms with Gasteiger partial charge in [0.25, 0.3) is 0 Å². The number of likely N-dealkylation sites (N-methyl/N-ethyl adjacent to an activating group) is 1. The molecule has 7 nitrogen and oxygen atoms in total. The van der Waals surface area contributed by atoms with Gasteiger partial charge in [-0.2, -0.15) is 0 Å². The molecule has 0 aromatic heterocycles. The highest BCUT2D eigenvalue weighted by atomic mass is 16.3. The molecule has 3 aliphatic carbocycles. The molecule has 5 aliphatic rings. The second-order valence-electron chi connectivity index (χ2n) is 9.55. The number of imide groups is 1. The number of hydrogen-bond donors (Lipinski definition) is 1. The predicted octanol–water partition coefficient (Wildman–Crippen LogP) is -0.169. The Morgan fingerprint density at radius 3 is 2.37 bits per heavy atom. The number of piperazine rings is 1. The average Bonchev–Trinajstić information content (AvgIpc) is 2.82. The van der Waals surface area contributed by atoms with Crippen LogP contribution < -0.4 is 0 Å². The fourth-order valence-corrected chi connectivity index (χ4v) is 6.18. The molecular formula is C20H31N3O4. The second-order valence-corrected chi connectivity index (χ2v) is 9.55. The van der Waals surface area contributed by atoms with Gasteiger partial charge in [0.1, 0.15) is 5.78 Å². The number of ketones is 1. The van der Waals surface area contributed by atoms with Crippen LogP contribution in [0.5, 0.6) is 0 Å². The molecule has 6 unspecified atom stereocenters. The summed E-state index contributed by atoms with van der Waals surface area (Å²) >= 11 is 0. The van der Waals surface area contributed by atoms with E-state index in [1.165, 1.54) is 4.90 Å². The number of carbonyl (C=O) groups excluding carboxylic acids is 3. The van der Waals surface area contributed by atoms with E-state index in [1.54, 1.807) is 0 Å². The van der Waals surface area contributed by atoms with Crippen LogP contribution in [0.25, 0.3) is 0 Å². The van der Waals surface area contributed by atoms with Crippen LogP contribution in [0.2, 0.25) is 0 Å². The van der Waals surface area contributed by atoms with Crippen LogP contribution >= 0.6 is 0 Å². The van der Waals surface area contributed by atoms with E-state index in [1.807, 2.05) is 13.8 Å². The predicted molar refractivity (Wildman–Crippen MR) is 98.6 cm³/mol. The van der Waals surface area contributed by atoms with Crippen molar-refractivity contribution in [3.05, 3.63) is 0 Å². The van der Waals surface area contributed by atoms with E-state index in [2.05, 4.69) is 16.8 Å². The van der Waals surface area contributed by atoms with Gasteiger partial charge in [-0.25, -0.2) is 0 Å². The summed E-state index contributed by atoms with van der Waals surface area (Å²) in [7, 11) is 2.08. The van der Waals surface area contributed by atoms with Gasteiger partial charge in [0, 0.05) is 45.1 Å². The molecule has 27 heavy (non-hydrogen) atoms. The Labute approximate surface area is 160 Å². The van der Waals surface area contributed by atoms with E-state index >= 15 is 0 Å². The summed E-state index contributed by atoms with van der Waals surface area (Å²) in [5.41, 5.74) is -0.417. The fraction of sp³-hybridized carbons (Fsp3) is 0.850. The molecule has 0 radical (unpaired) electrons. The Kier molecular flexibility index (Phi) is 4.68. The van der Waals surface area contributed by atoms with Crippen LogP contribution in [-0.4, -0.2) is 89.8 Å². The summed E-state index contributed by atoms with van der Waals surface area (Å²) < 4.78 is 0. The van der Waals surface area contributed by atoms with Gasteiger partial charge in [0.2, 0.25) is 11.8 Å². The smallest absolute Gasteiger partial charge is 0.233 e. The first-order valence-corrected chi connectivity index (χ1v) is 10.2. The summed E-state index contributed by atoms with van der Waals surface area (Å²) in [4.78, 5) is 44.4. The lowest BCUT2D eigenvalue weighted by molar-refractivity contribution is -0.157. The summed E-state index contributed by atoms with van der Waals surface area (Å²) in [6.07, 6.45) is 0.473. The quantitative estimate of drug-likeness (QED) is 0.685. The Morgan fingerprint density at radius 2 is 1.74 bits per heavy atom. The maximum Gasteiger partial charge on any atom is 0.233 e. The number of aliphatic hydroxyl groups excluding tert-OH is 1. The molecule has 2 heterocycles. The highest BCUT2D eigenvalue weighted by Gasteiger charge is 2.67. The molecule has 6 atom stereocenters. The molecule has 2 saturated heterocycles. The van der Waals surface area contributed by atoms with E-state index in [9.17, 15) is 19.5 Å². The molecule has 0 spiro atoms. The molecule has 2 bridgehead atoms. The minimum Gasteiger partial charge on any atom is -0.390 e. The molecular weight excluding hydrogens is 346 g/mol. The van der Waals surface area contributed by atoms with Crippen molar-refractivity contribution in [1.82, 2.24) is 14.7 Å². The molecule has 5 rings (SSSR count). The number of hydrogen-bond acceptors (Lipinski definition) is 6. The maximum atomic E-state index is 13.1. The van der Waals surface area contributed by atoms with Gasteiger partial charge >= 0.3 is 0 Å². The minimum absolute atomic E-state index is 0.0440. The van der Waals surface area contributed by atoms with Crippen LogP contribution in [0.3, 0.4) is 0 Å². The monoisotopic (exact) mass is 377 g/mol. The lowest BCUT2D eigenvalue weighted by atomic mass is 9.48. The number of fused-ring (bicyclic) bond motifs is 2. The third-order valence-electron chi connectivity index (χ3n) is 7.39. The normalized spacial score (nSPS) is 41.3.